The van der Waals surface area contributed by atoms with E-state index in [1.54, 1.807) is 42.5 Å². The third kappa shape index (κ3) is 3.68. The van der Waals surface area contributed by atoms with Gasteiger partial charge in [-0.2, -0.15) is 0 Å². The van der Waals surface area contributed by atoms with Gasteiger partial charge in [-0.1, -0.05) is 12.1 Å². The van der Waals surface area contributed by atoms with Crippen LogP contribution in [0.15, 0.2) is 65.6 Å². The highest BCUT2D eigenvalue weighted by Gasteiger charge is 2.48. The lowest BCUT2D eigenvalue weighted by Crippen LogP contribution is -2.29. The second-order valence-electron chi connectivity index (χ2n) is 7.13. The first kappa shape index (κ1) is 20.7. The van der Waals surface area contributed by atoms with Crippen LogP contribution in [0.1, 0.15) is 29.0 Å². The number of hydrogen-bond donors (Lipinski definition) is 2. The van der Waals surface area contributed by atoms with E-state index in [0.29, 0.717) is 22.8 Å². The van der Waals surface area contributed by atoms with E-state index in [9.17, 15) is 19.8 Å². The fourth-order valence-corrected chi connectivity index (χ4v) is 4.48. The summed E-state index contributed by atoms with van der Waals surface area (Å²) in [5, 5.41) is 23.3. The maximum absolute atomic E-state index is 13.1. The summed E-state index contributed by atoms with van der Waals surface area (Å²) in [7, 11) is 0. The molecule has 0 saturated carbocycles. The Bertz CT molecular complexity index is 1170. The number of thiophene rings is 1. The summed E-state index contributed by atoms with van der Waals surface area (Å²) in [4.78, 5) is 28.1. The third-order valence-electron chi connectivity index (χ3n) is 5.09. The van der Waals surface area contributed by atoms with Crippen molar-refractivity contribution >= 4 is 34.5 Å². The average Bonchev–Trinajstić information content (AvgIpc) is 3.37. The van der Waals surface area contributed by atoms with Gasteiger partial charge in [-0.3, -0.25) is 14.5 Å². The van der Waals surface area contributed by atoms with E-state index < -0.39 is 17.7 Å². The maximum Gasteiger partial charge on any atom is 0.300 e. The Kier molecular flexibility index (Phi) is 5.52. The smallest absolute Gasteiger partial charge is 0.300 e. The molecule has 0 spiro atoms. The van der Waals surface area contributed by atoms with Gasteiger partial charge in [0, 0.05) is 10.4 Å². The monoisotopic (exact) mass is 435 g/mol. The molecule has 0 aliphatic carbocycles. The summed E-state index contributed by atoms with van der Waals surface area (Å²) in [5.74, 6) is -1.35. The van der Waals surface area contributed by atoms with Crippen molar-refractivity contribution in [2.45, 2.75) is 19.9 Å². The van der Waals surface area contributed by atoms with Crippen LogP contribution in [0.2, 0.25) is 0 Å². The van der Waals surface area contributed by atoms with Gasteiger partial charge in [-0.05, 0) is 67.3 Å². The van der Waals surface area contributed by atoms with Gasteiger partial charge >= 0.3 is 0 Å². The standard InChI is InChI=1S/C24H21NO5S/c1-3-30-16-9-7-15(8-10-16)22(27)20-21(19-5-4-12-31-19)25(24(29)23(20)28)17-13-14(2)6-11-18(17)26/h4-13,21,26-27H,3H2,1-2H3/b22-20-. The topological polar surface area (TPSA) is 87.1 Å². The number of hydrogen-bond acceptors (Lipinski definition) is 6. The molecule has 1 aromatic heterocycles. The number of aryl methyl sites for hydroxylation is 1. The quantitative estimate of drug-likeness (QED) is 0.342. The number of carbonyl (C=O) groups excluding carboxylic acids is 2. The number of rotatable bonds is 5. The molecule has 1 aliphatic heterocycles. The van der Waals surface area contributed by atoms with Crippen molar-refractivity contribution in [2.75, 3.05) is 11.5 Å². The fourth-order valence-electron chi connectivity index (χ4n) is 3.65. The minimum Gasteiger partial charge on any atom is -0.507 e. The zero-order valence-corrected chi connectivity index (χ0v) is 17.8. The lowest BCUT2D eigenvalue weighted by molar-refractivity contribution is -0.132. The van der Waals surface area contributed by atoms with Crippen molar-refractivity contribution in [1.82, 2.24) is 0 Å². The lowest BCUT2D eigenvalue weighted by Gasteiger charge is -2.25. The largest absolute Gasteiger partial charge is 0.507 e. The Morgan fingerprint density at radius 2 is 1.87 bits per heavy atom. The number of Topliss-reactive ketones (excluding diaryl/α,β-unsaturated/α-hetero) is 1. The summed E-state index contributed by atoms with van der Waals surface area (Å²) >= 11 is 1.37. The molecule has 158 valence electrons. The van der Waals surface area contributed by atoms with Crippen molar-refractivity contribution in [3.8, 4) is 11.5 Å². The number of benzene rings is 2. The summed E-state index contributed by atoms with van der Waals surface area (Å²) in [6.45, 7) is 4.21. The van der Waals surface area contributed by atoms with Gasteiger partial charge in [0.15, 0.2) is 0 Å². The number of aliphatic hydroxyl groups is 1. The molecule has 4 rings (SSSR count). The van der Waals surface area contributed by atoms with Crippen molar-refractivity contribution in [3.63, 3.8) is 0 Å². The number of ether oxygens (including phenoxy) is 1. The SMILES string of the molecule is CCOc1ccc(/C(O)=C2/C(=O)C(=O)N(c3cc(C)ccc3O)C2c2cccs2)cc1. The van der Waals surface area contributed by atoms with E-state index in [0.717, 1.165) is 5.56 Å². The van der Waals surface area contributed by atoms with Gasteiger partial charge in [0.25, 0.3) is 11.7 Å². The molecule has 1 saturated heterocycles. The zero-order chi connectivity index (χ0) is 22.1. The van der Waals surface area contributed by atoms with Crippen molar-refractivity contribution in [2.24, 2.45) is 0 Å². The van der Waals surface area contributed by atoms with E-state index in [1.165, 1.54) is 22.3 Å². The van der Waals surface area contributed by atoms with Crippen molar-refractivity contribution in [3.05, 3.63) is 81.6 Å². The molecule has 3 aromatic rings. The van der Waals surface area contributed by atoms with E-state index in [1.807, 2.05) is 25.3 Å². The fraction of sp³-hybridized carbons (Fsp3) is 0.167. The molecule has 31 heavy (non-hydrogen) atoms. The highest BCUT2D eigenvalue weighted by molar-refractivity contribution is 7.10. The Morgan fingerprint density at radius 1 is 1.13 bits per heavy atom. The van der Waals surface area contributed by atoms with E-state index in [4.69, 9.17) is 4.74 Å². The number of amides is 1. The number of anilines is 1. The third-order valence-corrected chi connectivity index (χ3v) is 6.01. The van der Waals surface area contributed by atoms with Crippen LogP contribution in [0.25, 0.3) is 5.76 Å². The highest BCUT2D eigenvalue weighted by atomic mass is 32.1. The van der Waals surface area contributed by atoms with Gasteiger partial charge in [0.2, 0.25) is 0 Å². The molecule has 1 unspecified atom stereocenters. The van der Waals surface area contributed by atoms with Gasteiger partial charge in [-0.15, -0.1) is 11.3 Å². The normalized spacial score (nSPS) is 17.9. The lowest BCUT2D eigenvalue weighted by atomic mass is 9.99. The molecule has 2 N–H and O–H groups in total. The molecule has 2 heterocycles. The number of nitrogens with zero attached hydrogens (tertiary/aromatic N) is 1. The van der Waals surface area contributed by atoms with E-state index in [-0.39, 0.29) is 22.8 Å². The minimum absolute atomic E-state index is 0.0162. The Balaban J connectivity index is 1.89. The van der Waals surface area contributed by atoms with E-state index in [2.05, 4.69) is 0 Å². The Hall–Kier alpha value is -3.58. The van der Waals surface area contributed by atoms with E-state index >= 15 is 0 Å². The summed E-state index contributed by atoms with van der Waals surface area (Å²) in [6, 6.07) is 14.3. The Morgan fingerprint density at radius 3 is 2.52 bits per heavy atom. The zero-order valence-electron chi connectivity index (χ0n) is 17.0. The van der Waals surface area contributed by atoms with Gasteiger partial charge in [0.05, 0.1) is 17.9 Å². The predicted octanol–water partition coefficient (Wildman–Crippen LogP) is 4.79. The van der Waals surface area contributed by atoms with Gasteiger partial charge < -0.3 is 14.9 Å². The number of ketones is 1. The molecule has 6 nitrogen and oxygen atoms in total. The summed E-state index contributed by atoms with van der Waals surface area (Å²) in [6.07, 6.45) is 0. The second kappa shape index (κ2) is 8.28. The minimum atomic E-state index is -0.848. The number of phenolic OH excluding ortho intramolecular Hbond substituents is 1. The molecule has 1 amide bonds. The van der Waals surface area contributed by atoms with Gasteiger partial charge in [-0.25, -0.2) is 0 Å². The maximum atomic E-state index is 13.1. The Labute approximate surface area is 183 Å². The molecular formula is C24H21NO5S. The molecule has 1 atom stereocenters. The number of aromatic hydroxyl groups is 1. The van der Waals surface area contributed by atoms with Crippen molar-refractivity contribution in [1.29, 1.82) is 0 Å². The summed E-state index contributed by atoms with van der Waals surface area (Å²) in [5.41, 5.74) is 1.44. The first-order valence-corrected chi connectivity index (χ1v) is 10.7. The molecule has 7 heteroatoms. The highest BCUT2D eigenvalue weighted by Crippen LogP contribution is 2.46. The summed E-state index contributed by atoms with van der Waals surface area (Å²) < 4.78 is 5.43. The average molecular weight is 436 g/mol. The molecule has 2 aromatic carbocycles. The van der Waals surface area contributed by atoms with Crippen LogP contribution in [0.5, 0.6) is 11.5 Å². The van der Waals surface area contributed by atoms with Crippen LogP contribution < -0.4 is 9.64 Å². The van der Waals surface area contributed by atoms with Crippen LogP contribution in [0, 0.1) is 6.92 Å². The number of aliphatic hydroxyl groups excluding tert-OH is 1. The molecule has 0 radical (unpaired) electrons. The molecule has 1 aliphatic rings. The van der Waals surface area contributed by atoms with Crippen LogP contribution >= 0.6 is 11.3 Å². The molecule has 1 fully saturated rings. The first-order chi connectivity index (χ1) is 14.9. The number of carbonyl (C=O) groups is 2. The van der Waals surface area contributed by atoms with Crippen LogP contribution in [-0.4, -0.2) is 28.5 Å². The molecular weight excluding hydrogens is 414 g/mol. The van der Waals surface area contributed by atoms with Crippen LogP contribution in [0.4, 0.5) is 5.69 Å². The van der Waals surface area contributed by atoms with Crippen LogP contribution in [-0.2, 0) is 9.59 Å². The first-order valence-electron chi connectivity index (χ1n) is 9.79. The molecule has 0 bridgehead atoms. The second-order valence-corrected chi connectivity index (χ2v) is 8.11. The van der Waals surface area contributed by atoms with Gasteiger partial charge in [0.1, 0.15) is 23.3 Å². The number of phenols is 1. The van der Waals surface area contributed by atoms with Crippen LogP contribution in [0.3, 0.4) is 0 Å². The van der Waals surface area contributed by atoms with Crippen molar-refractivity contribution < 1.29 is 24.5 Å². The predicted molar refractivity (Wildman–Crippen MR) is 120 cm³/mol.